The van der Waals surface area contributed by atoms with Gasteiger partial charge in [-0.3, -0.25) is 10.9 Å². The summed E-state index contributed by atoms with van der Waals surface area (Å²) < 4.78 is 38.7. The number of hydrogen-bond acceptors (Lipinski definition) is 6. The van der Waals surface area contributed by atoms with Crippen LogP contribution in [0.2, 0.25) is 0 Å². The summed E-state index contributed by atoms with van der Waals surface area (Å²) in [5.74, 6) is 1.27. The number of benzene rings is 2. The zero-order valence-corrected chi connectivity index (χ0v) is 19.1. The lowest BCUT2D eigenvalue weighted by atomic mass is 9.87. The van der Waals surface area contributed by atoms with Crippen LogP contribution in [0.1, 0.15) is 36.4 Å². The molecule has 8 heteroatoms. The van der Waals surface area contributed by atoms with Crippen molar-refractivity contribution in [2.75, 3.05) is 27.3 Å². The third-order valence-electron chi connectivity index (χ3n) is 6.43. The number of sulfonamides is 1. The van der Waals surface area contributed by atoms with Crippen LogP contribution in [-0.2, 0) is 10.0 Å². The van der Waals surface area contributed by atoms with Crippen molar-refractivity contribution in [3.8, 4) is 11.5 Å². The second-order valence-electron chi connectivity index (χ2n) is 8.36. The van der Waals surface area contributed by atoms with E-state index in [2.05, 4.69) is 42.0 Å². The summed E-state index contributed by atoms with van der Waals surface area (Å²) in [5, 5.41) is 0. The molecule has 31 heavy (non-hydrogen) atoms. The van der Waals surface area contributed by atoms with Gasteiger partial charge in [0.2, 0.25) is 10.0 Å². The highest BCUT2D eigenvalue weighted by Gasteiger charge is 2.37. The minimum absolute atomic E-state index is 0.160. The van der Waals surface area contributed by atoms with Gasteiger partial charge >= 0.3 is 0 Å². The van der Waals surface area contributed by atoms with E-state index in [9.17, 15) is 8.42 Å². The van der Waals surface area contributed by atoms with E-state index in [1.807, 2.05) is 0 Å². The van der Waals surface area contributed by atoms with Gasteiger partial charge in [0.1, 0.15) is 16.4 Å². The zero-order chi connectivity index (χ0) is 22.0. The minimum atomic E-state index is -3.65. The SMILES string of the molecule is COc1ccc(OC)c(S(=O)(=O)N2CCC(C3CC(c4cccc(C)c4)NN3)CC2)c1. The Labute approximate surface area is 184 Å². The van der Waals surface area contributed by atoms with Crippen molar-refractivity contribution in [2.24, 2.45) is 5.92 Å². The second-order valence-corrected chi connectivity index (χ2v) is 10.3. The smallest absolute Gasteiger partial charge is 0.246 e. The van der Waals surface area contributed by atoms with Crippen LogP contribution < -0.4 is 20.3 Å². The van der Waals surface area contributed by atoms with Gasteiger partial charge < -0.3 is 9.47 Å². The molecule has 2 atom stereocenters. The van der Waals surface area contributed by atoms with Gasteiger partial charge in [0.05, 0.1) is 14.2 Å². The molecule has 2 saturated heterocycles. The first-order valence-electron chi connectivity index (χ1n) is 10.7. The summed E-state index contributed by atoms with van der Waals surface area (Å²) >= 11 is 0. The summed E-state index contributed by atoms with van der Waals surface area (Å²) in [6.07, 6.45) is 2.65. The fourth-order valence-corrected chi connectivity index (χ4v) is 6.28. The van der Waals surface area contributed by atoms with Crippen molar-refractivity contribution in [1.82, 2.24) is 15.2 Å². The Morgan fingerprint density at radius 1 is 1.00 bits per heavy atom. The molecule has 0 radical (unpaired) electrons. The Kier molecular flexibility index (Phi) is 6.52. The van der Waals surface area contributed by atoms with Crippen LogP contribution in [-0.4, -0.2) is 46.1 Å². The quantitative estimate of drug-likeness (QED) is 0.712. The van der Waals surface area contributed by atoms with E-state index >= 15 is 0 Å². The van der Waals surface area contributed by atoms with Crippen LogP contribution in [0.3, 0.4) is 0 Å². The standard InChI is InChI=1S/C23H31N3O4S/c1-16-5-4-6-18(13-16)21-15-20(24-25-21)17-9-11-26(12-10-17)31(27,28)23-14-19(29-2)7-8-22(23)30-3/h4-8,13-14,17,20-21,24-25H,9-12,15H2,1-3H3. The lowest BCUT2D eigenvalue weighted by molar-refractivity contribution is 0.230. The molecule has 0 aromatic heterocycles. The van der Waals surface area contributed by atoms with Gasteiger partial charge in [0.25, 0.3) is 0 Å². The predicted octanol–water partition coefficient (Wildman–Crippen LogP) is 3.02. The summed E-state index contributed by atoms with van der Waals surface area (Å²) in [6.45, 7) is 3.11. The number of ether oxygens (including phenoxy) is 2. The van der Waals surface area contributed by atoms with Crippen LogP contribution >= 0.6 is 0 Å². The van der Waals surface area contributed by atoms with Crippen LogP contribution in [0.25, 0.3) is 0 Å². The minimum Gasteiger partial charge on any atom is -0.497 e. The monoisotopic (exact) mass is 445 g/mol. The van der Waals surface area contributed by atoms with Crippen LogP contribution in [0.5, 0.6) is 11.5 Å². The predicted molar refractivity (Wildman–Crippen MR) is 120 cm³/mol. The van der Waals surface area contributed by atoms with E-state index in [0.717, 1.165) is 19.3 Å². The first-order valence-corrected chi connectivity index (χ1v) is 12.2. The highest BCUT2D eigenvalue weighted by Crippen LogP contribution is 2.35. The Hall–Kier alpha value is -2.13. The van der Waals surface area contributed by atoms with Gasteiger partial charge in [-0.1, -0.05) is 29.8 Å². The number of methoxy groups -OCH3 is 2. The number of rotatable bonds is 6. The van der Waals surface area contributed by atoms with E-state index in [-0.39, 0.29) is 10.9 Å². The second kappa shape index (κ2) is 9.16. The van der Waals surface area contributed by atoms with Gasteiger partial charge in [-0.15, -0.1) is 0 Å². The van der Waals surface area contributed by atoms with Gasteiger partial charge in [-0.2, -0.15) is 4.31 Å². The Balaban J connectivity index is 1.41. The molecule has 4 rings (SSSR count). The Morgan fingerprint density at radius 2 is 1.77 bits per heavy atom. The average Bonchev–Trinajstić information content (AvgIpc) is 3.29. The van der Waals surface area contributed by atoms with Gasteiger partial charge in [0, 0.05) is 31.2 Å². The maximum atomic E-state index is 13.3. The maximum Gasteiger partial charge on any atom is 0.246 e. The van der Waals surface area contributed by atoms with Gasteiger partial charge in [0.15, 0.2) is 0 Å². The van der Waals surface area contributed by atoms with Crippen LogP contribution in [0.15, 0.2) is 47.4 Å². The fraction of sp³-hybridized carbons (Fsp3) is 0.478. The number of nitrogens with zero attached hydrogens (tertiary/aromatic N) is 1. The highest BCUT2D eigenvalue weighted by atomic mass is 32.2. The molecule has 2 aromatic carbocycles. The molecule has 2 fully saturated rings. The molecule has 0 spiro atoms. The van der Waals surface area contributed by atoms with Crippen molar-refractivity contribution < 1.29 is 17.9 Å². The molecule has 2 heterocycles. The van der Waals surface area contributed by atoms with Crippen molar-refractivity contribution in [2.45, 2.75) is 43.2 Å². The van der Waals surface area contributed by atoms with Gasteiger partial charge in [-0.25, -0.2) is 8.42 Å². The number of nitrogens with one attached hydrogen (secondary N) is 2. The molecule has 7 nitrogen and oxygen atoms in total. The normalized spacial score (nSPS) is 23.1. The molecule has 2 aliphatic heterocycles. The molecule has 0 saturated carbocycles. The Bertz CT molecular complexity index is 1020. The number of aryl methyl sites for hydroxylation is 1. The lowest BCUT2D eigenvalue weighted by Crippen LogP contribution is -2.44. The van der Waals surface area contributed by atoms with Crippen molar-refractivity contribution in [3.63, 3.8) is 0 Å². The number of hydrazine groups is 1. The summed E-state index contributed by atoms with van der Waals surface area (Å²) in [4.78, 5) is 0.160. The van der Waals surface area contributed by atoms with E-state index in [1.165, 1.54) is 31.4 Å². The first-order chi connectivity index (χ1) is 14.9. The molecular weight excluding hydrogens is 414 g/mol. The van der Waals surface area contributed by atoms with Crippen LogP contribution in [0, 0.1) is 12.8 Å². The summed E-state index contributed by atoms with van der Waals surface area (Å²) in [5.41, 5.74) is 9.44. The van der Waals surface area contributed by atoms with E-state index < -0.39 is 10.0 Å². The molecule has 0 aliphatic carbocycles. The molecule has 168 valence electrons. The molecule has 0 amide bonds. The van der Waals surface area contributed by atoms with Gasteiger partial charge in [-0.05, 0) is 49.8 Å². The third-order valence-corrected chi connectivity index (χ3v) is 8.35. The summed E-state index contributed by atoms with van der Waals surface area (Å²) in [6, 6.07) is 14.1. The Morgan fingerprint density at radius 3 is 2.45 bits per heavy atom. The molecular formula is C23H31N3O4S. The molecule has 2 unspecified atom stereocenters. The topological polar surface area (TPSA) is 79.9 Å². The van der Waals surface area contributed by atoms with Crippen molar-refractivity contribution in [1.29, 1.82) is 0 Å². The van der Waals surface area contributed by atoms with E-state index in [4.69, 9.17) is 9.47 Å². The van der Waals surface area contributed by atoms with E-state index in [1.54, 1.807) is 16.4 Å². The molecule has 2 aliphatic rings. The highest BCUT2D eigenvalue weighted by molar-refractivity contribution is 7.89. The molecule has 2 aromatic rings. The average molecular weight is 446 g/mol. The fourth-order valence-electron chi connectivity index (χ4n) is 4.64. The summed E-state index contributed by atoms with van der Waals surface area (Å²) in [7, 11) is -0.644. The van der Waals surface area contributed by atoms with Crippen molar-refractivity contribution in [3.05, 3.63) is 53.6 Å². The maximum absolute atomic E-state index is 13.3. The lowest BCUT2D eigenvalue weighted by Gasteiger charge is -2.34. The first kappa shape index (κ1) is 22.1. The third kappa shape index (κ3) is 4.57. The molecule has 2 N–H and O–H groups in total. The van der Waals surface area contributed by atoms with Crippen LogP contribution in [0.4, 0.5) is 0 Å². The number of piperidine rings is 1. The van der Waals surface area contributed by atoms with Crippen molar-refractivity contribution >= 4 is 10.0 Å². The van der Waals surface area contributed by atoms with E-state index in [0.29, 0.717) is 36.5 Å². The number of hydrogen-bond donors (Lipinski definition) is 2. The molecule has 0 bridgehead atoms. The largest absolute Gasteiger partial charge is 0.497 e. The zero-order valence-electron chi connectivity index (χ0n) is 18.3.